The lowest BCUT2D eigenvalue weighted by atomic mass is 9.90. The molecule has 1 atom stereocenters. The van der Waals surface area contributed by atoms with Crippen LogP contribution in [0.25, 0.3) is 0 Å². The van der Waals surface area contributed by atoms with Gasteiger partial charge < -0.3 is 10.5 Å². The second-order valence-corrected chi connectivity index (χ2v) is 4.51. The summed E-state index contributed by atoms with van der Waals surface area (Å²) in [6.45, 7) is 0. The molecule has 1 fully saturated rings. The highest BCUT2D eigenvalue weighted by Crippen LogP contribution is 2.44. The number of hydrogen-bond donors (Lipinski definition) is 1. The van der Waals surface area contributed by atoms with E-state index in [0.717, 1.165) is 18.4 Å². The first-order valence-corrected chi connectivity index (χ1v) is 5.73. The number of halogens is 1. The first-order valence-electron chi connectivity index (χ1n) is 5.73. The van der Waals surface area contributed by atoms with Crippen LogP contribution in [0.15, 0.2) is 18.2 Å². The maximum absolute atomic E-state index is 13.6. The molecule has 1 amide bonds. The van der Waals surface area contributed by atoms with Gasteiger partial charge >= 0.3 is 0 Å². The molecule has 1 aliphatic rings. The van der Waals surface area contributed by atoms with Crippen LogP contribution >= 0.6 is 0 Å². The van der Waals surface area contributed by atoms with E-state index in [1.54, 1.807) is 6.07 Å². The van der Waals surface area contributed by atoms with Crippen molar-refractivity contribution in [1.29, 1.82) is 0 Å². The van der Waals surface area contributed by atoms with E-state index < -0.39 is 0 Å². The van der Waals surface area contributed by atoms with E-state index in [4.69, 9.17) is 10.5 Å². The number of carbonyl (C=O) groups is 1. The van der Waals surface area contributed by atoms with E-state index in [-0.39, 0.29) is 29.8 Å². The van der Waals surface area contributed by atoms with Crippen molar-refractivity contribution in [3.05, 3.63) is 29.6 Å². The second kappa shape index (κ2) is 4.73. The van der Waals surface area contributed by atoms with Gasteiger partial charge in [0.1, 0.15) is 0 Å². The summed E-state index contributed by atoms with van der Waals surface area (Å²) in [6, 6.07) is 4.86. The minimum absolute atomic E-state index is 0.0490. The summed E-state index contributed by atoms with van der Waals surface area (Å²) in [5.41, 5.74) is 6.07. The maximum Gasteiger partial charge on any atom is 0.218 e. The van der Waals surface area contributed by atoms with E-state index in [9.17, 15) is 9.18 Å². The fourth-order valence-corrected chi connectivity index (χ4v) is 2.19. The smallest absolute Gasteiger partial charge is 0.218 e. The Kier molecular flexibility index (Phi) is 3.31. The Morgan fingerprint density at radius 2 is 2.29 bits per heavy atom. The molecule has 1 aliphatic carbocycles. The molecule has 1 aromatic carbocycles. The fraction of sp³-hybridized carbons (Fsp3) is 0.462. The first-order chi connectivity index (χ1) is 8.11. The molecule has 2 N–H and O–H groups in total. The minimum atomic E-state index is -0.389. The number of rotatable bonds is 5. The van der Waals surface area contributed by atoms with Gasteiger partial charge in [-0.15, -0.1) is 0 Å². The SMILES string of the molecule is COc1ccc(C(CC(N)=O)C2CC2)cc1F. The third-order valence-electron chi connectivity index (χ3n) is 3.22. The van der Waals surface area contributed by atoms with Crippen molar-refractivity contribution in [2.45, 2.75) is 25.2 Å². The first kappa shape index (κ1) is 11.9. The zero-order chi connectivity index (χ0) is 12.4. The molecule has 0 aliphatic heterocycles. The van der Waals surface area contributed by atoms with Crippen molar-refractivity contribution in [3.8, 4) is 5.75 Å². The molecule has 92 valence electrons. The normalized spacial score (nSPS) is 16.6. The third-order valence-corrected chi connectivity index (χ3v) is 3.22. The molecule has 0 aromatic heterocycles. The molecule has 1 saturated carbocycles. The van der Waals surface area contributed by atoms with E-state index >= 15 is 0 Å². The maximum atomic E-state index is 13.6. The largest absolute Gasteiger partial charge is 0.494 e. The summed E-state index contributed by atoms with van der Waals surface area (Å²) < 4.78 is 18.5. The van der Waals surface area contributed by atoms with Crippen LogP contribution in [0.2, 0.25) is 0 Å². The molecule has 0 saturated heterocycles. The highest BCUT2D eigenvalue weighted by molar-refractivity contribution is 5.75. The van der Waals surface area contributed by atoms with Gasteiger partial charge in [0.05, 0.1) is 7.11 Å². The Labute approximate surface area is 99.8 Å². The molecular formula is C13H16FNO2. The van der Waals surface area contributed by atoms with E-state index in [0.29, 0.717) is 5.92 Å². The molecule has 4 heteroatoms. The average Bonchev–Trinajstić information content (AvgIpc) is 3.09. The molecule has 0 radical (unpaired) electrons. The Balaban J connectivity index is 2.23. The van der Waals surface area contributed by atoms with Crippen LogP contribution in [0, 0.1) is 11.7 Å². The molecule has 1 unspecified atom stereocenters. The van der Waals surface area contributed by atoms with Gasteiger partial charge in [0, 0.05) is 6.42 Å². The van der Waals surface area contributed by atoms with Crippen molar-refractivity contribution >= 4 is 5.91 Å². The lowest BCUT2D eigenvalue weighted by Gasteiger charge is -2.15. The number of methoxy groups -OCH3 is 1. The molecule has 0 spiro atoms. The lowest BCUT2D eigenvalue weighted by molar-refractivity contribution is -0.118. The van der Waals surface area contributed by atoms with E-state index in [2.05, 4.69) is 0 Å². The lowest BCUT2D eigenvalue weighted by Crippen LogP contribution is -2.16. The molecule has 2 rings (SSSR count). The fourth-order valence-electron chi connectivity index (χ4n) is 2.19. The van der Waals surface area contributed by atoms with Gasteiger partial charge in [0.25, 0.3) is 0 Å². The Morgan fingerprint density at radius 1 is 1.59 bits per heavy atom. The van der Waals surface area contributed by atoms with Crippen LogP contribution in [0.4, 0.5) is 4.39 Å². The summed E-state index contributed by atoms with van der Waals surface area (Å²) in [6.07, 6.45) is 2.47. The number of benzene rings is 1. The van der Waals surface area contributed by atoms with Crippen LogP contribution in [0.1, 0.15) is 30.7 Å². The zero-order valence-electron chi connectivity index (χ0n) is 9.78. The number of ether oxygens (including phenoxy) is 1. The predicted molar refractivity (Wildman–Crippen MR) is 62.2 cm³/mol. The Hall–Kier alpha value is -1.58. The van der Waals surface area contributed by atoms with Crippen LogP contribution in [-0.4, -0.2) is 13.0 Å². The summed E-state index contributed by atoms with van der Waals surface area (Å²) in [7, 11) is 1.43. The van der Waals surface area contributed by atoms with Gasteiger partial charge in [-0.2, -0.15) is 0 Å². The summed E-state index contributed by atoms with van der Waals surface area (Å²) in [4.78, 5) is 11.0. The van der Waals surface area contributed by atoms with Gasteiger partial charge in [0.2, 0.25) is 5.91 Å². The number of primary amides is 1. The van der Waals surface area contributed by atoms with Crippen molar-refractivity contribution in [2.75, 3.05) is 7.11 Å². The highest BCUT2D eigenvalue weighted by atomic mass is 19.1. The van der Waals surface area contributed by atoms with Crippen molar-refractivity contribution in [2.24, 2.45) is 11.7 Å². The van der Waals surface area contributed by atoms with Crippen molar-refractivity contribution < 1.29 is 13.9 Å². The van der Waals surface area contributed by atoms with E-state index in [1.807, 2.05) is 6.07 Å². The Morgan fingerprint density at radius 3 is 2.76 bits per heavy atom. The van der Waals surface area contributed by atoms with Crippen molar-refractivity contribution in [1.82, 2.24) is 0 Å². The van der Waals surface area contributed by atoms with Crippen LogP contribution < -0.4 is 10.5 Å². The van der Waals surface area contributed by atoms with Gasteiger partial charge in [-0.25, -0.2) is 4.39 Å². The molecule has 0 bridgehead atoms. The molecule has 1 aromatic rings. The quantitative estimate of drug-likeness (QED) is 0.853. The number of amides is 1. The average molecular weight is 237 g/mol. The van der Waals surface area contributed by atoms with Gasteiger partial charge in [-0.3, -0.25) is 4.79 Å². The minimum Gasteiger partial charge on any atom is -0.494 e. The number of hydrogen-bond acceptors (Lipinski definition) is 2. The van der Waals surface area contributed by atoms with E-state index in [1.165, 1.54) is 13.2 Å². The van der Waals surface area contributed by atoms with Crippen molar-refractivity contribution in [3.63, 3.8) is 0 Å². The topological polar surface area (TPSA) is 52.3 Å². The number of carbonyl (C=O) groups excluding carboxylic acids is 1. The Bertz CT molecular complexity index is 429. The second-order valence-electron chi connectivity index (χ2n) is 4.51. The van der Waals surface area contributed by atoms with Crippen LogP contribution in [-0.2, 0) is 4.79 Å². The summed E-state index contributed by atoms with van der Waals surface area (Å²) in [5, 5.41) is 0. The van der Waals surface area contributed by atoms with Gasteiger partial charge in [0.15, 0.2) is 11.6 Å². The summed E-state index contributed by atoms with van der Waals surface area (Å²) in [5.74, 6) is 0.0174. The molecule has 0 heterocycles. The molecular weight excluding hydrogens is 221 g/mol. The number of nitrogens with two attached hydrogens (primary N) is 1. The van der Waals surface area contributed by atoms with Crippen LogP contribution in [0.5, 0.6) is 5.75 Å². The predicted octanol–water partition coefficient (Wildman–Crippen LogP) is 2.20. The third kappa shape index (κ3) is 2.75. The monoisotopic (exact) mass is 237 g/mol. The summed E-state index contributed by atoms with van der Waals surface area (Å²) >= 11 is 0. The molecule has 17 heavy (non-hydrogen) atoms. The van der Waals surface area contributed by atoms with Gasteiger partial charge in [-0.1, -0.05) is 6.07 Å². The highest BCUT2D eigenvalue weighted by Gasteiger charge is 2.33. The zero-order valence-corrected chi connectivity index (χ0v) is 9.78. The van der Waals surface area contributed by atoms with Gasteiger partial charge in [-0.05, 0) is 42.4 Å². The standard InChI is InChI=1S/C13H16FNO2/c1-17-12-5-4-9(6-11(12)14)10(7-13(15)16)8-2-3-8/h4-6,8,10H,2-3,7H2,1H3,(H2,15,16). The van der Waals surface area contributed by atoms with Crippen LogP contribution in [0.3, 0.4) is 0 Å². The molecule has 3 nitrogen and oxygen atoms in total.